The standard InChI is InChI=1S/C13H19Br/c1-4-13(11(3)14)9-12-7-5-6-10(2)8-12/h5-8,11,13H,4,9H2,1-3H3. The van der Waals surface area contributed by atoms with Crippen molar-refractivity contribution >= 4 is 15.9 Å². The Kier molecular flexibility index (Phi) is 4.67. The molecule has 0 heterocycles. The number of hydrogen-bond donors (Lipinski definition) is 0. The minimum atomic E-state index is 0.605. The summed E-state index contributed by atoms with van der Waals surface area (Å²) in [6.45, 7) is 6.66. The molecule has 1 aromatic carbocycles. The molecule has 0 spiro atoms. The molecular formula is C13H19Br. The molecule has 0 bridgehead atoms. The fraction of sp³-hybridized carbons (Fsp3) is 0.538. The number of benzene rings is 1. The van der Waals surface area contributed by atoms with Crippen molar-refractivity contribution in [1.82, 2.24) is 0 Å². The van der Waals surface area contributed by atoms with E-state index in [1.165, 1.54) is 24.0 Å². The lowest BCUT2D eigenvalue weighted by Crippen LogP contribution is -2.12. The van der Waals surface area contributed by atoms with E-state index in [4.69, 9.17) is 0 Å². The van der Waals surface area contributed by atoms with Crippen LogP contribution in [-0.4, -0.2) is 4.83 Å². The first-order valence-electron chi connectivity index (χ1n) is 5.33. The van der Waals surface area contributed by atoms with Gasteiger partial charge in [0.15, 0.2) is 0 Å². The minimum Gasteiger partial charge on any atom is -0.0891 e. The molecular weight excluding hydrogens is 236 g/mol. The first-order valence-corrected chi connectivity index (χ1v) is 6.24. The summed E-state index contributed by atoms with van der Waals surface area (Å²) >= 11 is 3.68. The maximum Gasteiger partial charge on any atom is 0.0148 e. The molecule has 1 heteroatoms. The monoisotopic (exact) mass is 254 g/mol. The third-order valence-electron chi connectivity index (χ3n) is 2.75. The van der Waals surface area contributed by atoms with Crippen molar-refractivity contribution in [2.24, 2.45) is 5.92 Å². The molecule has 0 amide bonds. The van der Waals surface area contributed by atoms with Crippen molar-refractivity contribution in [2.75, 3.05) is 0 Å². The lowest BCUT2D eigenvalue weighted by molar-refractivity contribution is 0.508. The Morgan fingerprint density at radius 1 is 1.36 bits per heavy atom. The Morgan fingerprint density at radius 2 is 2.07 bits per heavy atom. The largest absolute Gasteiger partial charge is 0.0891 e. The molecule has 1 rings (SSSR count). The Bertz CT molecular complexity index is 278. The van der Waals surface area contributed by atoms with Crippen LogP contribution in [0.4, 0.5) is 0 Å². The van der Waals surface area contributed by atoms with E-state index in [0.29, 0.717) is 4.83 Å². The highest BCUT2D eigenvalue weighted by Crippen LogP contribution is 2.21. The van der Waals surface area contributed by atoms with Crippen LogP contribution >= 0.6 is 15.9 Å². The average Bonchev–Trinajstić information content (AvgIpc) is 2.14. The molecule has 0 nitrogen and oxygen atoms in total. The SMILES string of the molecule is CCC(Cc1cccc(C)c1)C(C)Br. The predicted molar refractivity (Wildman–Crippen MR) is 67.1 cm³/mol. The maximum absolute atomic E-state index is 3.68. The first-order chi connectivity index (χ1) is 6.63. The van der Waals surface area contributed by atoms with E-state index in [9.17, 15) is 0 Å². The van der Waals surface area contributed by atoms with Gasteiger partial charge in [0.25, 0.3) is 0 Å². The molecule has 0 aliphatic heterocycles. The molecule has 0 radical (unpaired) electrons. The Hall–Kier alpha value is -0.300. The van der Waals surface area contributed by atoms with Crippen LogP contribution in [0.5, 0.6) is 0 Å². The van der Waals surface area contributed by atoms with Gasteiger partial charge in [-0.15, -0.1) is 0 Å². The van der Waals surface area contributed by atoms with Crippen LogP contribution in [0.15, 0.2) is 24.3 Å². The molecule has 0 fully saturated rings. The second kappa shape index (κ2) is 5.55. The van der Waals surface area contributed by atoms with Crippen molar-refractivity contribution in [3.05, 3.63) is 35.4 Å². The van der Waals surface area contributed by atoms with E-state index in [2.05, 4.69) is 61.0 Å². The predicted octanol–water partition coefficient (Wildman–Crippen LogP) is 4.35. The van der Waals surface area contributed by atoms with Gasteiger partial charge >= 0.3 is 0 Å². The van der Waals surface area contributed by atoms with Crippen LogP contribution < -0.4 is 0 Å². The van der Waals surface area contributed by atoms with Crippen LogP contribution in [0.25, 0.3) is 0 Å². The number of hydrogen-bond acceptors (Lipinski definition) is 0. The van der Waals surface area contributed by atoms with Crippen molar-refractivity contribution < 1.29 is 0 Å². The van der Waals surface area contributed by atoms with E-state index < -0.39 is 0 Å². The summed E-state index contributed by atoms with van der Waals surface area (Å²) in [6, 6.07) is 8.82. The van der Waals surface area contributed by atoms with Crippen molar-refractivity contribution in [3.8, 4) is 0 Å². The van der Waals surface area contributed by atoms with Gasteiger partial charge in [0.2, 0.25) is 0 Å². The Balaban J connectivity index is 2.67. The lowest BCUT2D eigenvalue weighted by Gasteiger charge is -2.17. The number of halogens is 1. The van der Waals surface area contributed by atoms with Gasteiger partial charge in [0.1, 0.15) is 0 Å². The quantitative estimate of drug-likeness (QED) is 0.702. The van der Waals surface area contributed by atoms with E-state index >= 15 is 0 Å². The zero-order chi connectivity index (χ0) is 10.6. The Morgan fingerprint density at radius 3 is 2.57 bits per heavy atom. The second-order valence-corrected chi connectivity index (χ2v) is 5.48. The molecule has 14 heavy (non-hydrogen) atoms. The third-order valence-corrected chi connectivity index (χ3v) is 3.50. The fourth-order valence-electron chi connectivity index (χ4n) is 1.77. The maximum atomic E-state index is 3.68. The van der Waals surface area contributed by atoms with Gasteiger partial charge in [-0.05, 0) is 24.8 Å². The van der Waals surface area contributed by atoms with E-state index in [-0.39, 0.29) is 0 Å². The highest BCUT2D eigenvalue weighted by atomic mass is 79.9. The molecule has 0 aliphatic carbocycles. The zero-order valence-corrected chi connectivity index (χ0v) is 10.8. The number of rotatable bonds is 4. The highest BCUT2D eigenvalue weighted by molar-refractivity contribution is 9.09. The van der Waals surface area contributed by atoms with E-state index in [1.54, 1.807) is 0 Å². The Labute approximate surface area is 95.9 Å². The van der Waals surface area contributed by atoms with Crippen LogP contribution in [0.3, 0.4) is 0 Å². The third kappa shape index (κ3) is 3.45. The number of aryl methyl sites for hydroxylation is 1. The smallest absolute Gasteiger partial charge is 0.0148 e. The summed E-state index contributed by atoms with van der Waals surface area (Å²) < 4.78 is 0. The van der Waals surface area contributed by atoms with Crippen LogP contribution in [0.1, 0.15) is 31.4 Å². The molecule has 1 aromatic rings. The average molecular weight is 255 g/mol. The van der Waals surface area contributed by atoms with Gasteiger partial charge in [0.05, 0.1) is 0 Å². The molecule has 78 valence electrons. The van der Waals surface area contributed by atoms with Crippen molar-refractivity contribution in [1.29, 1.82) is 0 Å². The summed E-state index contributed by atoms with van der Waals surface area (Å²) in [6.07, 6.45) is 2.42. The lowest BCUT2D eigenvalue weighted by atomic mass is 9.94. The van der Waals surface area contributed by atoms with Gasteiger partial charge in [-0.3, -0.25) is 0 Å². The zero-order valence-electron chi connectivity index (χ0n) is 9.26. The summed E-state index contributed by atoms with van der Waals surface area (Å²) in [5.41, 5.74) is 2.82. The molecule has 2 unspecified atom stereocenters. The summed E-state index contributed by atoms with van der Waals surface area (Å²) in [4.78, 5) is 0.605. The minimum absolute atomic E-state index is 0.605. The molecule has 0 saturated heterocycles. The van der Waals surface area contributed by atoms with Crippen LogP contribution in [-0.2, 0) is 6.42 Å². The van der Waals surface area contributed by atoms with E-state index in [1.807, 2.05) is 0 Å². The van der Waals surface area contributed by atoms with E-state index in [0.717, 1.165) is 5.92 Å². The highest BCUT2D eigenvalue weighted by Gasteiger charge is 2.12. The second-order valence-electron chi connectivity index (χ2n) is 4.04. The molecule has 0 aromatic heterocycles. The van der Waals surface area contributed by atoms with Crippen LogP contribution in [0, 0.1) is 12.8 Å². The first kappa shape index (κ1) is 11.8. The van der Waals surface area contributed by atoms with Gasteiger partial charge < -0.3 is 0 Å². The summed E-state index contributed by atoms with van der Waals surface area (Å²) in [5, 5.41) is 0. The molecule has 0 N–H and O–H groups in total. The molecule has 0 saturated carbocycles. The van der Waals surface area contributed by atoms with Crippen molar-refractivity contribution in [2.45, 2.75) is 38.4 Å². The van der Waals surface area contributed by atoms with Crippen molar-refractivity contribution in [3.63, 3.8) is 0 Å². The van der Waals surface area contributed by atoms with Gasteiger partial charge in [0, 0.05) is 4.83 Å². The molecule has 0 aliphatic rings. The molecule has 2 atom stereocenters. The van der Waals surface area contributed by atoms with Gasteiger partial charge in [-0.1, -0.05) is 66.0 Å². The van der Waals surface area contributed by atoms with Gasteiger partial charge in [-0.25, -0.2) is 0 Å². The van der Waals surface area contributed by atoms with Gasteiger partial charge in [-0.2, -0.15) is 0 Å². The number of alkyl halides is 1. The normalized spacial score (nSPS) is 15.1. The summed E-state index contributed by atoms with van der Waals surface area (Å²) in [5.74, 6) is 0.747. The summed E-state index contributed by atoms with van der Waals surface area (Å²) in [7, 11) is 0. The van der Waals surface area contributed by atoms with Crippen LogP contribution in [0.2, 0.25) is 0 Å². The fourth-order valence-corrected chi connectivity index (χ4v) is 2.33. The topological polar surface area (TPSA) is 0 Å².